The highest BCUT2D eigenvalue weighted by atomic mass is 32.2. The van der Waals surface area contributed by atoms with Crippen molar-refractivity contribution in [2.45, 2.75) is 39.5 Å². The molecular formula is C9H21NS2. The average molecular weight is 207 g/mol. The summed E-state index contributed by atoms with van der Waals surface area (Å²) < 4.78 is 0.784. The van der Waals surface area contributed by atoms with E-state index in [9.17, 15) is 0 Å². The van der Waals surface area contributed by atoms with E-state index in [1.165, 1.54) is 37.2 Å². The van der Waals surface area contributed by atoms with Gasteiger partial charge in [-0.25, -0.2) is 10.9 Å². The summed E-state index contributed by atoms with van der Waals surface area (Å²) in [7, 11) is -0.122. The van der Waals surface area contributed by atoms with Crippen molar-refractivity contribution >= 4 is 27.4 Å². The van der Waals surface area contributed by atoms with E-state index in [0.717, 1.165) is 4.32 Å². The molecule has 0 heterocycles. The Balaban J connectivity index is 3.62. The second-order valence-electron chi connectivity index (χ2n) is 3.03. The zero-order valence-electron chi connectivity index (χ0n) is 8.18. The lowest BCUT2D eigenvalue weighted by Gasteiger charge is -2.18. The molecule has 0 atom stereocenters. The minimum absolute atomic E-state index is 0.122. The Hall–Kier alpha value is 0.240. The summed E-state index contributed by atoms with van der Waals surface area (Å²) >= 11 is 5.05. The van der Waals surface area contributed by atoms with Gasteiger partial charge in [-0.3, -0.25) is 0 Å². The molecular weight excluding hydrogens is 186 g/mol. The van der Waals surface area contributed by atoms with Crippen molar-refractivity contribution in [1.82, 2.24) is 0 Å². The van der Waals surface area contributed by atoms with Gasteiger partial charge >= 0.3 is 0 Å². The SMILES string of the molecule is CCCC[SH](CCCC)C(N)=S. The Kier molecular flexibility index (Phi) is 8.02. The normalized spacial score (nSPS) is 11.3. The third kappa shape index (κ3) is 5.84. The van der Waals surface area contributed by atoms with Crippen LogP contribution in [0.3, 0.4) is 0 Å². The number of thiol groups is 1. The third-order valence-electron chi connectivity index (χ3n) is 1.87. The Labute approximate surface area is 84.4 Å². The molecule has 0 saturated carbocycles. The van der Waals surface area contributed by atoms with Gasteiger partial charge in [-0.1, -0.05) is 38.9 Å². The standard InChI is InChI=1S/C9H21NS2/c1-3-5-7-12(9(10)11)8-6-4-2/h12H,3-8H2,1-2H3,(H2,10,11). The molecule has 0 aromatic heterocycles. The molecule has 0 radical (unpaired) electrons. The monoisotopic (exact) mass is 207 g/mol. The highest BCUT2D eigenvalue weighted by molar-refractivity contribution is 8.36. The first-order valence-corrected chi connectivity index (χ1v) is 6.88. The molecule has 0 rings (SSSR count). The summed E-state index contributed by atoms with van der Waals surface area (Å²) in [6, 6.07) is 0. The molecule has 0 spiro atoms. The van der Waals surface area contributed by atoms with Gasteiger partial charge in [0.25, 0.3) is 0 Å². The van der Waals surface area contributed by atoms with Gasteiger partial charge in [-0.2, -0.15) is 0 Å². The number of rotatable bonds is 6. The largest absolute Gasteiger partial charge is 0.386 e. The Morgan fingerprint density at radius 1 is 1.17 bits per heavy atom. The van der Waals surface area contributed by atoms with Crippen LogP contribution in [0.15, 0.2) is 0 Å². The van der Waals surface area contributed by atoms with Crippen molar-refractivity contribution in [2.24, 2.45) is 5.73 Å². The van der Waals surface area contributed by atoms with Crippen molar-refractivity contribution < 1.29 is 0 Å². The fraction of sp³-hybridized carbons (Fsp3) is 0.889. The predicted octanol–water partition coefficient (Wildman–Crippen LogP) is 2.83. The first kappa shape index (κ1) is 12.2. The summed E-state index contributed by atoms with van der Waals surface area (Å²) in [6.45, 7) is 4.43. The molecule has 0 aliphatic heterocycles. The molecule has 0 aromatic rings. The summed E-state index contributed by atoms with van der Waals surface area (Å²) in [5.41, 5.74) is 5.68. The second kappa shape index (κ2) is 7.87. The second-order valence-corrected chi connectivity index (χ2v) is 6.23. The van der Waals surface area contributed by atoms with Crippen molar-refractivity contribution in [3.8, 4) is 0 Å². The van der Waals surface area contributed by atoms with E-state index in [2.05, 4.69) is 13.8 Å². The Morgan fingerprint density at radius 3 is 1.83 bits per heavy atom. The minimum atomic E-state index is -0.122. The van der Waals surface area contributed by atoms with Gasteiger partial charge in [0.05, 0.1) is 0 Å². The molecule has 1 nitrogen and oxygen atoms in total. The van der Waals surface area contributed by atoms with Gasteiger partial charge in [0.1, 0.15) is 4.32 Å². The molecule has 74 valence electrons. The van der Waals surface area contributed by atoms with E-state index >= 15 is 0 Å². The molecule has 0 unspecified atom stereocenters. The average Bonchev–Trinajstić information content (AvgIpc) is 2.04. The van der Waals surface area contributed by atoms with Gasteiger partial charge in [0.15, 0.2) is 0 Å². The highest BCUT2D eigenvalue weighted by Gasteiger charge is 2.04. The van der Waals surface area contributed by atoms with Crippen LogP contribution in [0.1, 0.15) is 39.5 Å². The van der Waals surface area contributed by atoms with E-state index in [4.69, 9.17) is 18.0 Å². The van der Waals surface area contributed by atoms with E-state index in [1.54, 1.807) is 0 Å². The van der Waals surface area contributed by atoms with Gasteiger partial charge in [0.2, 0.25) is 0 Å². The number of thiocarbonyl (C=S) groups is 1. The van der Waals surface area contributed by atoms with Gasteiger partial charge in [-0.15, -0.1) is 0 Å². The number of hydrogen-bond acceptors (Lipinski definition) is 1. The van der Waals surface area contributed by atoms with Crippen molar-refractivity contribution in [3.05, 3.63) is 0 Å². The number of nitrogens with two attached hydrogens (primary N) is 1. The van der Waals surface area contributed by atoms with Crippen molar-refractivity contribution in [1.29, 1.82) is 0 Å². The molecule has 2 N–H and O–H groups in total. The quantitative estimate of drug-likeness (QED) is 0.517. The number of unbranched alkanes of at least 4 members (excludes halogenated alkanes) is 2. The Bertz CT molecular complexity index is 118. The zero-order valence-corrected chi connectivity index (χ0v) is 9.89. The number of hydrogen-bond donors (Lipinski definition) is 2. The van der Waals surface area contributed by atoms with E-state index in [1.807, 2.05) is 0 Å². The molecule has 0 aliphatic carbocycles. The maximum absolute atomic E-state index is 5.68. The first-order chi connectivity index (χ1) is 5.72. The van der Waals surface area contributed by atoms with Crippen LogP contribution in [0.5, 0.6) is 0 Å². The third-order valence-corrected chi connectivity index (χ3v) is 4.98. The topological polar surface area (TPSA) is 26.0 Å². The maximum atomic E-state index is 5.68. The molecule has 0 aliphatic rings. The summed E-state index contributed by atoms with van der Waals surface area (Å²) in [5, 5.41) is 0. The van der Waals surface area contributed by atoms with Crippen LogP contribution in [0.25, 0.3) is 0 Å². The Morgan fingerprint density at radius 2 is 1.58 bits per heavy atom. The first-order valence-electron chi connectivity index (χ1n) is 4.76. The minimum Gasteiger partial charge on any atom is -0.386 e. The summed E-state index contributed by atoms with van der Waals surface area (Å²) in [5.74, 6) is 2.50. The lowest BCUT2D eigenvalue weighted by atomic mass is 10.4. The van der Waals surface area contributed by atoms with Gasteiger partial charge < -0.3 is 5.73 Å². The van der Waals surface area contributed by atoms with Crippen LogP contribution in [-0.2, 0) is 0 Å². The van der Waals surface area contributed by atoms with E-state index < -0.39 is 0 Å². The maximum Gasteiger partial charge on any atom is 0.111 e. The van der Waals surface area contributed by atoms with Gasteiger partial charge in [0, 0.05) is 0 Å². The van der Waals surface area contributed by atoms with Gasteiger partial charge in [-0.05, 0) is 24.3 Å². The van der Waals surface area contributed by atoms with Crippen molar-refractivity contribution in [2.75, 3.05) is 11.5 Å². The molecule has 12 heavy (non-hydrogen) atoms. The molecule has 0 amide bonds. The van der Waals surface area contributed by atoms with E-state index in [-0.39, 0.29) is 10.9 Å². The molecule has 0 fully saturated rings. The molecule has 0 saturated heterocycles. The van der Waals surface area contributed by atoms with Crippen LogP contribution in [0, 0.1) is 0 Å². The van der Waals surface area contributed by atoms with Crippen LogP contribution in [0.4, 0.5) is 0 Å². The molecule has 0 aromatic carbocycles. The molecule has 3 heteroatoms. The van der Waals surface area contributed by atoms with Crippen LogP contribution in [-0.4, -0.2) is 15.8 Å². The van der Waals surface area contributed by atoms with E-state index in [0.29, 0.717) is 0 Å². The summed E-state index contributed by atoms with van der Waals surface area (Å²) in [4.78, 5) is 0. The highest BCUT2D eigenvalue weighted by Crippen LogP contribution is 2.27. The molecule has 0 bridgehead atoms. The van der Waals surface area contributed by atoms with Crippen LogP contribution >= 0.6 is 23.1 Å². The fourth-order valence-electron chi connectivity index (χ4n) is 1.03. The fourth-order valence-corrected chi connectivity index (χ4v) is 3.64. The zero-order chi connectivity index (χ0) is 9.40. The smallest absolute Gasteiger partial charge is 0.111 e. The van der Waals surface area contributed by atoms with Crippen LogP contribution < -0.4 is 5.73 Å². The lowest BCUT2D eigenvalue weighted by Crippen LogP contribution is -2.13. The van der Waals surface area contributed by atoms with Crippen LogP contribution in [0.2, 0.25) is 0 Å². The lowest BCUT2D eigenvalue weighted by molar-refractivity contribution is 0.877. The van der Waals surface area contributed by atoms with Crippen molar-refractivity contribution in [3.63, 3.8) is 0 Å². The predicted molar refractivity (Wildman–Crippen MR) is 65.3 cm³/mol. The summed E-state index contributed by atoms with van der Waals surface area (Å²) in [6.07, 6.45) is 5.08.